The van der Waals surface area contributed by atoms with Crippen molar-refractivity contribution in [1.82, 2.24) is 0 Å². The third-order valence-corrected chi connectivity index (χ3v) is 3.62. The van der Waals surface area contributed by atoms with Crippen LogP contribution in [-0.2, 0) is 37.1 Å². The predicted octanol–water partition coefficient (Wildman–Crippen LogP) is -1.25. The lowest BCUT2D eigenvalue weighted by Gasteiger charge is -2.16. The van der Waals surface area contributed by atoms with Crippen LogP contribution in [0.25, 0.3) is 0 Å². The monoisotopic (exact) mass is 368 g/mol. The maximum Gasteiger partial charge on any atom is 0.465 e. The summed E-state index contributed by atoms with van der Waals surface area (Å²) in [6.45, 7) is -1.34. The number of esters is 2. The van der Waals surface area contributed by atoms with Crippen molar-refractivity contribution < 1.29 is 40.8 Å². The van der Waals surface area contributed by atoms with Gasteiger partial charge in [0.15, 0.2) is 6.61 Å². The van der Waals surface area contributed by atoms with E-state index in [2.05, 4.69) is 4.74 Å². The van der Waals surface area contributed by atoms with Crippen molar-refractivity contribution >= 4 is 51.1 Å². The number of benzene rings is 1. The predicted molar refractivity (Wildman–Crippen MR) is 83.8 cm³/mol. The topological polar surface area (TPSA) is 107 Å². The molecule has 1 rings (SSSR count). The average molecular weight is 368 g/mol. The van der Waals surface area contributed by atoms with Gasteiger partial charge >= 0.3 is 27.3 Å². The molecule has 0 spiro atoms. The number of rotatable bonds is 7. The molecule has 1 aromatic carbocycles. The van der Waals surface area contributed by atoms with Crippen molar-refractivity contribution in [2.45, 2.75) is 17.9 Å². The SMILES string of the molecule is [B]Cc1cc([B])cc(C[B])c1OC(=O)COC(=O)C(F)(F)S(=O)(=O)O. The molecule has 0 fully saturated rings. The molecular weight excluding hydrogens is 359 g/mol. The van der Waals surface area contributed by atoms with Crippen molar-refractivity contribution in [3.63, 3.8) is 0 Å². The molecular formula is C12H9B3F2O7S. The Labute approximate surface area is 146 Å². The largest absolute Gasteiger partial charge is 0.465 e. The van der Waals surface area contributed by atoms with Crippen LogP contribution in [0.3, 0.4) is 0 Å². The summed E-state index contributed by atoms with van der Waals surface area (Å²) in [4.78, 5) is 22.6. The van der Waals surface area contributed by atoms with Crippen molar-refractivity contribution in [2.75, 3.05) is 6.61 Å². The molecule has 7 nitrogen and oxygen atoms in total. The highest BCUT2D eigenvalue weighted by Crippen LogP contribution is 2.24. The highest BCUT2D eigenvalue weighted by Gasteiger charge is 2.54. The molecule has 0 aliphatic carbocycles. The van der Waals surface area contributed by atoms with Gasteiger partial charge < -0.3 is 9.47 Å². The number of carbonyl (C=O) groups excluding carboxylic acids is 2. The molecule has 25 heavy (non-hydrogen) atoms. The summed E-state index contributed by atoms with van der Waals surface area (Å²) < 4.78 is 63.7. The van der Waals surface area contributed by atoms with Crippen LogP contribution in [0.1, 0.15) is 11.1 Å². The zero-order chi connectivity index (χ0) is 19.4. The van der Waals surface area contributed by atoms with Gasteiger partial charge in [0, 0.05) is 0 Å². The van der Waals surface area contributed by atoms with E-state index in [1.54, 1.807) is 0 Å². The normalized spacial score (nSPS) is 11.8. The number of carbonyl (C=O) groups is 2. The first kappa shape index (κ1) is 21.2. The van der Waals surface area contributed by atoms with E-state index in [0.717, 1.165) is 0 Å². The van der Waals surface area contributed by atoms with Crippen molar-refractivity contribution in [2.24, 2.45) is 0 Å². The molecule has 1 aromatic rings. The molecule has 0 atom stereocenters. The Balaban J connectivity index is 2.87. The Kier molecular flexibility index (Phi) is 6.78. The van der Waals surface area contributed by atoms with Crippen LogP contribution in [0.5, 0.6) is 5.75 Å². The second kappa shape index (κ2) is 8.00. The smallest absolute Gasteiger partial charge is 0.448 e. The Morgan fingerprint density at radius 1 is 1.16 bits per heavy atom. The number of ether oxygens (including phenoxy) is 2. The highest BCUT2D eigenvalue weighted by atomic mass is 32.2. The second-order valence-electron chi connectivity index (χ2n) is 4.62. The third kappa shape index (κ3) is 5.05. The summed E-state index contributed by atoms with van der Waals surface area (Å²) in [6.07, 6.45) is -0.192. The zero-order valence-electron chi connectivity index (χ0n) is 12.6. The maximum atomic E-state index is 13.0. The highest BCUT2D eigenvalue weighted by molar-refractivity contribution is 7.87. The molecule has 0 heterocycles. The summed E-state index contributed by atoms with van der Waals surface area (Å²) in [5, 5.41) is -5.22. The van der Waals surface area contributed by atoms with Crippen LogP contribution in [0.4, 0.5) is 8.78 Å². The Morgan fingerprint density at radius 3 is 2.04 bits per heavy atom. The minimum atomic E-state index is -6.04. The molecule has 0 aliphatic heterocycles. The molecule has 13 heteroatoms. The molecule has 0 saturated heterocycles. The summed E-state index contributed by atoms with van der Waals surface area (Å²) in [7, 11) is 10.5. The van der Waals surface area contributed by atoms with Crippen molar-refractivity contribution in [3.05, 3.63) is 23.3 Å². The van der Waals surface area contributed by atoms with Gasteiger partial charge in [-0.1, -0.05) is 30.2 Å². The van der Waals surface area contributed by atoms with Gasteiger partial charge in [0.05, 0.1) is 15.7 Å². The Bertz CT molecular complexity index is 758. The average Bonchev–Trinajstić information content (AvgIpc) is 2.52. The summed E-state index contributed by atoms with van der Waals surface area (Å²) in [5.41, 5.74) is 0.853. The van der Waals surface area contributed by atoms with Gasteiger partial charge in [-0.15, -0.1) is 0 Å². The van der Waals surface area contributed by atoms with Crippen LogP contribution in [0.2, 0.25) is 0 Å². The van der Waals surface area contributed by atoms with Gasteiger partial charge in [-0.3, -0.25) is 4.55 Å². The zero-order valence-corrected chi connectivity index (χ0v) is 13.4. The molecule has 128 valence electrons. The Hall–Kier alpha value is -1.88. The maximum absolute atomic E-state index is 13.0. The van der Waals surface area contributed by atoms with Crippen LogP contribution in [0, 0.1) is 0 Å². The van der Waals surface area contributed by atoms with Crippen molar-refractivity contribution in [1.29, 1.82) is 0 Å². The molecule has 0 aliphatic rings. The molecule has 0 unspecified atom stereocenters. The molecule has 6 radical (unpaired) electrons. The minimum absolute atomic E-state index is 0.0817. The second-order valence-corrected chi connectivity index (χ2v) is 6.08. The van der Waals surface area contributed by atoms with Crippen LogP contribution in [0.15, 0.2) is 12.1 Å². The summed E-state index contributed by atoms with van der Waals surface area (Å²) in [6, 6.07) is 2.78. The van der Waals surface area contributed by atoms with E-state index in [9.17, 15) is 26.8 Å². The fourth-order valence-electron chi connectivity index (χ4n) is 1.67. The quantitative estimate of drug-likeness (QED) is 0.277. The summed E-state index contributed by atoms with van der Waals surface area (Å²) >= 11 is 0. The van der Waals surface area contributed by atoms with Crippen LogP contribution < -0.4 is 10.2 Å². The van der Waals surface area contributed by atoms with E-state index in [0.29, 0.717) is 5.46 Å². The lowest BCUT2D eigenvalue weighted by atomic mass is 9.83. The number of hydrogen-bond acceptors (Lipinski definition) is 6. The fourth-order valence-corrected chi connectivity index (χ4v) is 1.94. The number of alkyl halides is 2. The van der Waals surface area contributed by atoms with Gasteiger partial charge in [-0.05, 0) is 11.1 Å². The van der Waals surface area contributed by atoms with Gasteiger partial charge in [-0.2, -0.15) is 17.2 Å². The lowest BCUT2D eigenvalue weighted by molar-refractivity contribution is -0.166. The molecule has 0 saturated carbocycles. The minimum Gasteiger partial charge on any atom is -0.448 e. The number of hydrogen-bond donors (Lipinski definition) is 1. The van der Waals surface area contributed by atoms with Gasteiger partial charge in [-0.25, -0.2) is 9.59 Å². The van der Waals surface area contributed by atoms with Crippen molar-refractivity contribution in [3.8, 4) is 5.75 Å². The number of halogens is 2. The molecule has 1 N–H and O–H groups in total. The molecule has 0 aromatic heterocycles. The van der Waals surface area contributed by atoms with E-state index in [1.807, 2.05) is 0 Å². The Morgan fingerprint density at radius 2 is 1.64 bits per heavy atom. The van der Waals surface area contributed by atoms with E-state index in [4.69, 9.17) is 32.8 Å². The van der Waals surface area contributed by atoms with Crippen LogP contribution in [-0.4, -0.2) is 60.3 Å². The first-order valence-electron chi connectivity index (χ1n) is 6.48. The lowest BCUT2D eigenvalue weighted by Crippen LogP contribution is -2.40. The summed E-state index contributed by atoms with van der Waals surface area (Å²) in [5.74, 6) is -4.03. The van der Waals surface area contributed by atoms with E-state index >= 15 is 0 Å². The van der Waals surface area contributed by atoms with E-state index < -0.39 is 33.9 Å². The molecule has 0 bridgehead atoms. The third-order valence-electron chi connectivity index (χ3n) is 2.80. The fraction of sp³-hybridized carbons (Fsp3) is 0.333. The molecule has 0 amide bonds. The van der Waals surface area contributed by atoms with E-state index in [1.165, 1.54) is 12.1 Å². The first-order valence-corrected chi connectivity index (χ1v) is 7.92. The van der Waals surface area contributed by atoms with Gasteiger partial charge in [0.25, 0.3) is 0 Å². The van der Waals surface area contributed by atoms with Gasteiger partial charge in [0.1, 0.15) is 13.6 Å². The first-order chi connectivity index (χ1) is 11.4. The van der Waals surface area contributed by atoms with Gasteiger partial charge in [0.2, 0.25) is 0 Å². The van der Waals surface area contributed by atoms with Crippen LogP contribution >= 0.6 is 0 Å². The van der Waals surface area contributed by atoms with E-state index in [-0.39, 0.29) is 29.5 Å². The standard InChI is InChI=1S/C12H9B3F2O7S/c13-3-6-1-8(15)2-7(4-14)10(6)24-9(18)5-23-11(19)12(16,17)25(20,21)22/h1-2H,3-5H2,(H,20,21,22).